The van der Waals surface area contributed by atoms with Crippen molar-refractivity contribution < 1.29 is 68.1 Å². The van der Waals surface area contributed by atoms with Crippen LogP contribution in [0.1, 0.15) is 16.1 Å². The molecule has 22 heavy (non-hydrogen) atoms. The molecule has 0 aliphatic carbocycles. The molecule has 0 fully saturated rings. The minimum atomic E-state index is -0.638. The van der Waals surface area contributed by atoms with Gasteiger partial charge in [0.25, 0.3) is 5.91 Å². The molecule has 3 rings (SSSR count). The van der Waals surface area contributed by atoms with E-state index in [1.54, 1.807) is 0 Å². The van der Waals surface area contributed by atoms with E-state index in [1.165, 1.54) is 4.57 Å². The third kappa shape index (κ3) is 3.48. The summed E-state index contributed by atoms with van der Waals surface area (Å²) in [6, 6.07) is 9.32. The van der Waals surface area contributed by atoms with Gasteiger partial charge in [0, 0.05) is 12.5 Å². The van der Waals surface area contributed by atoms with Crippen molar-refractivity contribution in [2.75, 3.05) is 6.54 Å². The maximum atomic E-state index is 12.1. The number of amides is 1. The fourth-order valence-electron chi connectivity index (χ4n) is 2.13. The van der Waals surface area contributed by atoms with Crippen molar-refractivity contribution in [1.82, 2.24) is 14.9 Å². The molecule has 0 unspecified atom stereocenters. The minimum Gasteiger partial charge on any atom is -0.503 e. The van der Waals surface area contributed by atoms with Crippen LogP contribution in [-0.2, 0) is 13.1 Å². The summed E-state index contributed by atoms with van der Waals surface area (Å²) in [4.78, 5) is 27.9. The smallest absolute Gasteiger partial charge is 0.503 e. The predicted octanol–water partition coefficient (Wildman–Crippen LogP) is -2.10. The number of hydrogen-bond donors (Lipinski definition) is 2. The molecule has 0 bridgehead atoms. The molecule has 1 aliphatic rings. The fraction of sp³-hybridized carbons (Fsp3) is 0.214. The van der Waals surface area contributed by atoms with E-state index in [0.717, 1.165) is 5.56 Å². The Balaban J connectivity index is 0.00000176. The standard InChI is InChI=1S/C14H14N4O3.Rb/c19-11-10(17-14-15-6-7-18(14)13(11)21)12(20)16-8-9-4-2-1-3-5-9;/h1-5H,6-8H2,(H3,15,16,17,19,20,21);/q;+1/p-1. The van der Waals surface area contributed by atoms with E-state index < -0.39 is 17.2 Å². The Hall–Kier alpha value is -1.02. The van der Waals surface area contributed by atoms with E-state index in [1.807, 2.05) is 30.3 Å². The Kier molecular flexibility index (Phi) is 5.91. The van der Waals surface area contributed by atoms with Crippen LogP contribution in [0.5, 0.6) is 5.75 Å². The van der Waals surface area contributed by atoms with Gasteiger partial charge in [-0.2, -0.15) is 0 Å². The SMILES string of the molecule is O=C(NCc1ccccc1)c1nc2n(c(=O)c1O)CC[N-]2.[Rb+]. The van der Waals surface area contributed by atoms with Gasteiger partial charge in [-0.25, -0.2) is 0 Å². The number of aromatic hydroxyl groups is 1. The van der Waals surface area contributed by atoms with Crippen molar-refractivity contribution in [3.8, 4) is 5.75 Å². The minimum absolute atomic E-state index is 0. The Morgan fingerprint density at radius 2 is 2.09 bits per heavy atom. The largest absolute Gasteiger partial charge is 1.00 e. The number of benzene rings is 1. The summed E-state index contributed by atoms with van der Waals surface area (Å²) in [7, 11) is 0. The number of hydrogen-bond acceptors (Lipinski definition) is 4. The Morgan fingerprint density at radius 1 is 1.36 bits per heavy atom. The van der Waals surface area contributed by atoms with Crippen LogP contribution in [0, 0.1) is 0 Å². The van der Waals surface area contributed by atoms with E-state index in [4.69, 9.17) is 0 Å². The van der Waals surface area contributed by atoms with Gasteiger partial charge in [0.05, 0.1) is 0 Å². The van der Waals surface area contributed by atoms with Gasteiger partial charge in [-0.1, -0.05) is 30.3 Å². The molecule has 0 spiro atoms. The zero-order chi connectivity index (χ0) is 14.8. The Bertz CT molecular complexity index is 746. The van der Waals surface area contributed by atoms with E-state index in [9.17, 15) is 14.7 Å². The quantitative estimate of drug-likeness (QED) is 0.647. The van der Waals surface area contributed by atoms with Gasteiger partial charge in [-0.3, -0.25) is 9.59 Å². The van der Waals surface area contributed by atoms with E-state index in [0.29, 0.717) is 13.1 Å². The normalized spacial score (nSPS) is 12.0. The van der Waals surface area contributed by atoms with Gasteiger partial charge in [-0.15, -0.1) is 0 Å². The van der Waals surface area contributed by atoms with Crippen LogP contribution in [0.2, 0.25) is 0 Å². The van der Waals surface area contributed by atoms with Crippen molar-refractivity contribution in [1.29, 1.82) is 0 Å². The molecule has 0 radical (unpaired) electrons. The molecule has 0 saturated carbocycles. The van der Waals surface area contributed by atoms with Crippen molar-refractivity contribution in [3.05, 3.63) is 57.3 Å². The van der Waals surface area contributed by atoms with Crippen molar-refractivity contribution in [3.63, 3.8) is 0 Å². The summed E-state index contributed by atoms with van der Waals surface area (Å²) >= 11 is 0. The average Bonchev–Trinajstić information content (AvgIpc) is 2.98. The Labute approximate surface area is 175 Å². The van der Waals surface area contributed by atoms with Crippen LogP contribution in [0.25, 0.3) is 5.32 Å². The molecule has 2 aromatic rings. The van der Waals surface area contributed by atoms with E-state index in [-0.39, 0.29) is 76.4 Å². The predicted molar refractivity (Wildman–Crippen MR) is 75.7 cm³/mol. The second-order valence-corrected chi connectivity index (χ2v) is 4.62. The first-order chi connectivity index (χ1) is 10.2. The molecule has 0 atom stereocenters. The molecule has 7 nitrogen and oxygen atoms in total. The summed E-state index contributed by atoms with van der Waals surface area (Å²) in [6.07, 6.45) is 0. The molecule has 1 amide bonds. The topological polar surface area (TPSA) is 98.3 Å². The van der Waals surface area contributed by atoms with E-state index >= 15 is 0 Å². The molecule has 2 N–H and O–H groups in total. The van der Waals surface area contributed by atoms with Crippen LogP contribution < -0.4 is 69.1 Å². The maximum Gasteiger partial charge on any atom is 1.00 e. The van der Waals surface area contributed by atoms with Crippen LogP contribution in [0.15, 0.2) is 35.1 Å². The van der Waals surface area contributed by atoms with Gasteiger partial charge in [0.2, 0.25) is 5.56 Å². The number of nitrogens with zero attached hydrogens (tertiary/aromatic N) is 3. The first kappa shape index (κ1) is 17.3. The zero-order valence-corrected chi connectivity index (χ0v) is 17.0. The number of carbonyl (C=O) groups is 1. The van der Waals surface area contributed by atoms with Crippen molar-refractivity contribution >= 4 is 11.9 Å². The zero-order valence-electron chi connectivity index (χ0n) is 12.1. The van der Waals surface area contributed by atoms with Crippen LogP contribution >= 0.6 is 0 Å². The van der Waals surface area contributed by atoms with Crippen molar-refractivity contribution in [2.45, 2.75) is 13.1 Å². The van der Waals surface area contributed by atoms with Gasteiger partial charge in [0.1, 0.15) is 5.69 Å². The molecule has 0 saturated heterocycles. The summed E-state index contributed by atoms with van der Waals surface area (Å²) in [5.74, 6) is -1.05. The Morgan fingerprint density at radius 3 is 2.82 bits per heavy atom. The molecule has 1 aromatic carbocycles. The summed E-state index contributed by atoms with van der Waals surface area (Å²) in [6.45, 7) is 1.09. The third-order valence-corrected chi connectivity index (χ3v) is 3.21. The molecular formula is C14H13N4O3Rb. The molecular weight excluding hydrogens is 358 g/mol. The first-order valence-corrected chi connectivity index (χ1v) is 6.50. The van der Waals surface area contributed by atoms with Crippen molar-refractivity contribution in [2.24, 2.45) is 0 Å². The van der Waals surface area contributed by atoms with Crippen LogP contribution in [0.4, 0.5) is 5.95 Å². The number of nitrogens with one attached hydrogen (secondary N) is 1. The van der Waals surface area contributed by atoms with Gasteiger partial charge < -0.3 is 25.3 Å². The average molecular weight is 371 g/mol. The fourth-order valence-corrected chi connectivity index (χ4v) is 2.13. The second kappa shape index (κ2) is 7.50. The van der Waals surface area contributed by atoms with Crippen LogP contribution in [0.3, 0.4) is 0 Å². The summed E-state index contributed by atoms with van der Waals surface area (Å²) in [5, 5.41) is 16.5. The molecule has 1 aliphatic heterocycles. The van der Waals surface area contributed by atoms with Gasteiger partial charge in [-0.05, 0) is 18.7 Å². The molecule has 8 heteroatoms. The maximum absolute atomic E-state index is 12.1. The number of carbonyl (C=O) groups excluding carboxylic acids is 1. The number of fused-ring (bicyclic) bond motifs is 1. The number of rotatable bonds is 3. The first-order valence-electron chi connectivity index (χ1n) is 6.50. The molecule has 1 aromatic heterocycles. The third-order valence-electron chi connectivity index (χ3n) is 3.21. The summed E-state index contributed by atoms with van der Waals surface area (Å²) in [5.41, 5.74) is -0.00754. The van der Waals surface area contributed by atoms with Gasteiger partial charge >= 0.3 is 58.2 Å². The monoisotopic (exact) mass is 370 g/mol. The van der Waals surface area contributed by atoms with Crippen LogP contribution in [-0.4, -0.2) is 27.1 Å². The number of aromatic nitrogens is 2. The molecule has 108 valence electrons. The molecule has 2 heterocycles. The summed E-state index contributed by atoms with van der Waals surface area (Å²) < 4.78 is 1.25. The van der Waals surface area contributed by atoms with E-state index in [2.05, 4.69) is 15.6 Å². The van der Waals surface area contributed by atoms with Gasteiger partial charge in [0.15, 0.2) is 5.75 Å². The second-order valence-electron chi connectivity index (χ2n) is 4.62.